The van der Waals surface area contributed by atoms with Crippen molar-refractivity contribution in [2.24, 2.45) is 0 Å². The lowest BCUT2D eigenvalue weighted by atomic mass is 10.2. The van der Waals surface area contributed by atoms with Crippen molar-refractivity contribution in [3.8, 4) is 0 Å². The third-order valence-corrected chi connectivity index (χ3v) is 3.91. The molecule has 1 aliphatic rings. The van der Waals surface area contributed by atoms with Crippen molar-refractivity contribution < 1.29 is 4.79 Å². The molecular formula is C14H16ClN5O. The van der Waals surface area contributed by atoms with Gasteiger partial charge in [0.25, 0.3) is 0 Å². The Morgan fingerprint density at radius 3 is 2.62 bits per heavy atom. The molecule has 6 nitrogen and oxygen atoms in total. The van der Waals surface area contributed by atoms with Crippen LogP contribution in [0.5, 0.6) is 0 Å². The van der Waals surface area contributed by atoms with Gasteiger partial charge in [-0.25, -0.2) is 9.67 Å². The van der Waals surface area contributed by atoms with Crippen LogP contribution >= 0.6 is 11.6 Å². The summed E-state index contributed by atoms with van der Waals surface area (Å²) >= 11 is 6.21. The van der Waals surface area contributed by atoms with Gasteiger partial charge in [0.15, 0.2) is 0 Å². The largest absolute Gasteiger partial charge is 0.367 e. The van der Waals surface area contributed by atoms with Gasteiger partial charge in [-0.15, -0.1) is 0 Å². The lowest BCUT2D eigenvalue weighted by molar-refractivity contribution is -0.132. The number of benzene rings is 1. The molecule has 0 N–H and O–H groups in total. The molecule has 0 saturated carbocycles. The van der Waals surface area contributed by atoms with Gasteiger partial charge in [-0.2, -0.15) is 5.10 Å². The number of nitrogens with zero attached hydrogens (tertiary/aromatic N) is 5. The van der Waals surface area contributed by atoms with E-state index in [0.717, 1.165) is 23.8 Å². The van der Waals surface area contributed by atoms with Crippen LogP contribution in [0.3, 0.4) is 0 Å². The van der Waals surface area contributed by atoms with E-state index in [9.17, 15) is 4.79 Å². The molecule has 0 spiro atoms. The molecular weight excluding hydrogens is 290 g/mol. The van der Waals surface area contributed by atoms with Gasteiger partial charge in [0.05, 0.1) is 10.7 Å². The first-order valence-electron chi connectivity index (χ1n) is 6.84. The van der Waals surface area contributed by atoms with Crippen LogP contribution in [0.2, 0.25) is 5.02 Å². The Labute approximate surface area is 127 Å². The van der Waals surface area contributed by atoms with Crippen LogP contribution < -0.4 is 4.90 Å². The third kappa shape index (κ3) is 3.16. The van der Waals surface area contributed by atoms with Gasteiger partial charge in [0.2, 0.25) is 5.91 Å². The average Bonchev–Trinajstić information content (AvgIpc) is 3.01. The number of amides is 1. The van der Waals surface area contributed by atoms with E-state index < -0.39 is 0 Å². The van der Waals surface area contributed by atoms with Crippen LogP contribution in [0, 0.1) is 0 Å². The highest BCUT2D eigenvalue weighted by Crippen LogP contribution is 2.25. The average molecular weight is 306 g/mol. The zero-order valence-corrected chi connectivity index (χ0v) is 12.3. The molecule has 0 bridgehead atoms. The van der Waals surface area contributed by atoms with Crippen LogP contribution in [-0.4, -0.2) is 51.8 Å². The van der Waals surface area contributed by atoms with Crippen LogP contribution in [0.1, 0.15) is 0 Å². The van der Waals surface area contributed by atoms with E-state index in [1.54, 1.807) is 11.0 Å². The molecule has 2 heterocycles. The topological polar surface area (TPSA) is 54.3 Å². The Hall–Kier alpha value is -2.08. The van der Waals surface area contributed by atoms with E-state index in [1.165, 1.54) is 6.33 Å². The highest BCUT2D eigenvalue weighted by Gasteiger charge is 2.22. The molecule has 1 aromatic carbocycles. The summed E-state index contributed by atoms with van der Waals surface area (Å²) in [6.45, 7) is 3.20. The second kappa shape index (κ2) is 6.13. The van der Waals surface area contributed by atoms with E-state index in [1.807, 2.05) is 29.2 Å². The fourth-order valence-corrected chi connectivity index (χ4v) is 2.71. The van der Waals surface area contributed by atoms with Crippen molar-refractivity contribution in [1.29, 1.82) is 0 Å². The Morgan fingerprint density at radius 2 is 1.95 bits per heavy atom. The molecule has 0 aliphatic carbocycles. The first-order chi connectivity index (χ1) is 10.2. The molecule has 1 amide bonds. The summed E-state index contributed by atoms with van der Waals surface area (Å²) in [5, 5.41) is 4.71. The summed E-state index contributed by atoms with van der Waals surface area (Å²) in [5.41, 5.74) is 1.03. The number of carbonyl (C=O) groups excluding carboxylic acids is 1. The molecule has 1 fully saturated rings. The number of anilines is 1. The Balaban J connectivity index is 1.58. The van der Waals surface area contributed by atoms with E-state index in [0.29, 0.717) is 13.1 Å². The number of carbonyl (C=O) groups is 1. The Bertz CT molecular complexity index is 608. The number of rotatable bonds is 3. The fraction of sp³-hybridized carbons (Fsp3) is 0.357. The second-order valence-corrected chi connectivity index (χ2v) is 5.32. The van der Waals surface area contributed by atoms with Crippen molar-refractivity contribution in [3.05, 3.63) is 41.9 Å². The normalized spacial score (nSPS) is 15.3. The number of hydrogen-bond donors (Lipinski definition) is 0. The van der Waals surface area contributed by atoms with Gasteiger partial charge < -0.3 is 9.80 Å². The van der Waals surface area contributed by atoms with Gasteiger partial charge in [-0.1, -0.05) is 23.7 Å². The van der Waals surface area contributed by atoms with Crippen molar-refractivity contribution in [1.82, 2.24) is 19.7 Å². The van der Waals surface area contributed by atoms with Gasteiger partial charge in [0.1, 0.15) is 19.2 Å². The van der Waals surface area contributed by atoms with E-state index in [2.05, 4.69) is 15.0 Å². The molecule has 0 radical (unpaired) electrons. The molecule has 1 saturated heterocycles. The quantitative estimate of drug-likeness (QED) is 0.857. The number of para-hydroxylation sites is 1. The Morgan fingerprint density at radius 1 is 1.19 bits per heavy atom. The summed E-state index contributed by atoms with van der Waals surface area (Å²) in [5.74, 6) is 0.0688. The first-order valence-corrected chi connectivity index (χ1v) is 7.21. The minimum atomic E-state index is 0.0688. The maximum absolute atomic E-state index is 12.2. The minimum Gasteiger partial charge on any atom is -0.367 e. The van der Waals surface area contributed by atoms with E-state index in [-0.39, 0.29) is 12.5 Å². The zero-order chi connectivity index (χ0) is 14.7. The summed E-state index contributed by atoms with van der Waals surface area (Å²) in [6, 6.07) is 7.79. The van der Waals surface area contributed by atoms with E-state index >= 15 is 0 Å². The predicted octanol–water partition coefficient (Wildman–Crippen LogP) is 1.28. The summed E-state index contributed by atoms with van der Waals surface area (Å²) in [6.07, 6.45) is 2.99. The zero-order valence-electron chi connectivity index (χ0n) is 11.5. The molecule has 0 unspecified atom stereocenters. The number of hydrogen-bond acceptors (Lipinski definition) is 4. The third-order valence-electron chi connectivity index (χ3n) is 3.59. The predicted molar refractivity (Wildman–Crippen MR) is 80.3 cm³/mol. The van der Waals surface area contributed by atoms with Crippen molar-refractivity contribution in [2.45, 2.75) is 6.54 Å². The number of aromatic nitrogens is 3. The number of piperazine rings is 1. The highest BCUT2D eigenvalue weighted by molar-refractivity contribution is 6.33. The van der Waals surface area contributed by atoms with Crippen molar-refractivity contribution in [3.63, 3.8) is 0 Å². The molecule has 7 heteroatoms. The van der Waals surface area contributed by atoms with Crippen LogP contribution in [0.15, 0.2) is 36.9 Å². The smallest absolute Gasteiger partial charge is 0.244 e. The Kier molecular flexibility index (Phi) is 4.06. The van der Waals surface area contributed by atoms with Gasteiger partial charge in [-0.05, 0) is 12.1 Å². The van der Waals surface area contributed by atoms with Gasteiger partial charge in [-0.3, -0.25) is 4.79 Å². The molecule has 110 valence electrons. The van der Waals surface area contributed by atoms with Gasteiger partial charge >= 0.3 is 0 Å². The maximum Gasteiger partial charge on any atom is 0.244 e. The first kappa shape index (κ1) is 13.9. The lowest BCUT2D eigenvalue weighted by Gasteiger charge is -2.36. The van der Waals surface area contributed by atoms with Crippen LogP contribution in [0.4, 0.5) is 5.69 Å². The summed E-state index contributed by atoms with van der Waals surface area (Å²) in [7, 11) is 0. The standard InChI is InChI=1S/C14H16ClN5O/c15-12-3-1-2-4-13(12)18-5-7-19(8-6-18)14(21)9-20-11-16-10-17-20/h1-4,10-11H,5-9H2. The summed E-state index contributed by atoms with van der Waals surface area (Å²) in [4.78, 5) is 20.1. The van der Waals surface area contributed by atoms with E-state index in [4.69, 9.17) is 11.6 Å². The molecule has 1 aromatic heterocycles. The second-order valence-electron chi connectivity index (χ2n) is 4.91. The molecule has 21 heavy (non-hydrogen) atoms. The minimum absolute atomic E-state index is 0.0688. The maximum atomic E-state index is 12.2. The monoisotopic (exact) mass is 305 g/mol. The van der Waals surface area contributed by atoms with Crippen LogP contribution in [0.25, 0.3) is 0 Å². The summed E-state index contributed by atoms with van der Waals surface area (Å²) < 4.78 is 1.54. The highest BCUT2D eigenvalue weighted by atomic mass is 35.5. The lowest BCUT2D eigenvalue weighted by Crippen LogP contribution is -2.49. The van der Waals surface area contributed by atoms with Crippen LogP contribution in [-0.2, 0) is 11.3 Å². The molecule has 1 aliphatic heterocycles. The fourth-order valence-electron chi connectivity index (χ4n) is 2.46. The SMILES string of the molecule is O=C(Cn1cncn1)N1CCN(c2ccccc2Cl)CC1. The molecule has 2 aromatic rings. The molecule has 0 atom stereocenters. The van der Waals surface area contributed by atoms with Crippen molar-refractivity contribution in [2.75, 3.05) is 31.1 Å². The van der Waals surface area contributed by atoms with Crippen molar-refractivity contribution >= 4 is 23.2 Å². The van der Waals surface area contributed by atoms with Gasteiger partial charge in [0, 0.05) is 26.2 Å². The number of halogens is 1. The molecule has 3 rings (SSSR count).